The number of hydrogen-bond acceptors (Lipinski definition) is 9. The predicted molar refractivity (Wildman–Crippen MR) is 108 cm³/mol. The van der Waals surface area contributed by atoms with Crippen LogP contribution in [-0.2, 0) is 9.59 Å². The first-order valence-corrected chi connectivity index (χ1v) is 9.64. The molecule has 0 aromatic carbocycles. The van der Waals surface area contributed by atoms with Gasteiger partial charge in [-0.1, -0.05) is 10.8 Å². The molecule has 0 spiro atoms. The molecule has 0 radical (unpaired) electrons. The van der Waals surface area contributed by atoms with E-state index in [0.717, 1.165) is 6.20 Å². The number of rotatable bonds is 4. The summed E-state index contributed by atoms with van der Waals surface area (Å²) in [6.07, 6.45) is 10.3. The predicted octanol–water partition coefficient (Wildman–Crippen LogP) is 0.601. The van der Waals surface area contributed by atoms with Crippen LogP contribution in [0.15, 0.2) is 67.3 Å². The van der Waals surface area contributed by atoms with Gasteiger partial charge in [0, 0.05) is 18.2 Å². The average Bonchev–Trinajstić information content (AvgIpc) is 2.78. The molecule has 12 nitrogen and oxygen atoms in total. The summed E-state index contributed by atoms with van der Waals surface area (Å²) < 4.78 is 1.40. The normalized spacial score (nSPS) is 25.8. The van der Waals surface area contributed by atoms with Gasteiger partial charge in [0.05, 0.1) is 28.0 Å². The van der Waals surface area contributed by atoms with Crippen LogP contribution < -0.4 is 14.6 Å². The molecule has 5 heterocycles. The van der Waals surface area contributed by atoms with E-state index in [0.29, 0.717) is 5.82 Å². The topological polar surface area (TPSA) is 144 Å². The van der Waals surface area contributed by atoms with Crippen LogP contribution in [0.25, 0.3) is 0 Å². The van der Waals surface area contributed by atoms with Crippen LogP contribution in [0.4, 0.5) is 17.2 Å². The number of carbonyl (C=O) groups excluding carboxylic acids is 2. The Balaban J connectivity index is 1.61. The third kappa shape index (κ3) is 2.84. The summed E-state index contributed by atoms with van der Waals surface area (Å²) in [5, 5.41) is 23.7. The second-order valence-corrected chi connectivity index (χ2v) is 7.53. The SMILES string of the molecule is O=C1C=CC2C3C=CN([n+]4cccc([N+](=O)[O-])c4)C(C3=O)C1N2c1ccc([N+](=O)[O-])cn1. The molecule has 0 N–H and O–H groups in total. The quantitative estimate of drug-likeness (QED) is 0.383. The van der Waals surface area contributed by atoms with Crippen molar-refractivity contribution in [1.29, 1.82) is 0 Å². The van der Waals surface area contributed by atoms with E-state index >= 15 is 0 Å². The van der Waals surface area contributed by atoms with Crippen LogP contribution in [0.2, 0.25) is 0 Å². The van der Waals surface area contributed by atoms with Crippen LogP contribution in [-0.4, -0.2) is 44.5 Å². The number of nitro groups is 2. The number of nitrogens with zero attached hydrogens (tertiary/aromatic N) is 6. The largest absolute Gasteiger partial charge is 0.336 e. The third-order valence-electron chi connectivity index (χ3n) is 5.84. The average molecular weight is 435 g/mol. The fourth-order valence-electron chi connectivity index (χ4n) is 4.44. The number of ketones is 2. The van der Waals surface area contributed by atoms with E-state index in [1.807, 2.05) is 0 Å². The highest BCUT2D eigenvalue weighted by molar-refractivity contribution is 6.08. The van der Waals surface area contributed by atoms with Gasteiger partial charge in [0.1, 0.15) is 18.1 Å². The first-order chi connectivity index (χ1) is 15.4. The summed E-state index contributed by atoms with van der Waals surface area (Å²) in [6.45, 7) is 0. The maximum atomic E-state index is 13.3. The van der Waals surface area contributed by atoms with E-state index < -0.39 is 33.9 Å². The minimum Gasteiger partial charge on any atom is -0.336 e. The van der Waals surface area contributed by atoms with Gasteiger partial charge in [-0.2, -0.15) is 0 Å². The van der Waals surface area contributed by atoms with E-state index in [2.05, 4.69) is 4.98 Å². The van der Waals surface area contributed by atoms with Crippen molar-refractivity contribution in [3.05, 3.63) is 87.5 Å². The van der Waals surface area contributed by atoms with Crippen molar-refractivity contribution >= 4 is 28.8 Å². The highest BCUT2D eigenvalue weighted by atomic mass is 16.6. The standard InChI is InChI=1S/C20H15N6O6/c27-16-5-4-15-14-7-9-23(22-8-1-2-13(11-22)26(31)32)19(20(14)28)18(16)24(15)17-6-3-12(10-21-17)25(29)30/h1-11,14-15,18-19H/q+1. The molecule has 2 aromatic heterocycles. The number of Topliss-reactive ketones (excluding diaryl/α,β-unsaturated/α-hetero) is 1. The van der Waals surface area contributed by atoms with Crippen molar-refractivity contribution in [3.63, 3.8) is 0 Å². The Morgan fingerprint density at radius 2 is 1.78 bits per heavy atom. The van der Waals surface area contributed by atoms with E-state index in [-0.39, 0.29) is 22.9 Å². The molecule has 5 rings (SSSR count). The number of aromatic nitrogens is 2. The van der Waals surface area contributed by atoms with Crippen LogP contribution in [0, 0.1) is 26.1 Å². The second-order valence-electron chi connectivity index (χ2n) is 7.53. The summed E-state index contributed by atoms with van der Waals surface area (Å²) in [5.41, 5.74) is -0.365. The number of pyridine rings is 2. The van der Waals surface area contributed by atoms with Gasteiger partial charge < -0.3 is 4.90 Å². The van der Waals surface area contributed by atoms with Gasteiger partial charge >= 0.3 is 5.69 Å². The van der Waals surface area contributed by atoms with Gasteiger partial charge in [0.2, 0.25) is 6.20 Å². The highest BCUT2D eigenvalue weighted by Crippen LogP contribution is 2.38. The van der Waals surface area contributed by atoms with Crippen LogP contribution in [0.3, 0.4) is 0 Å². The number of carbonyl (C=O) groups is 2. The van der Waals surface area contributed by atoms with Crippen molar-refractivity contribution in [1.82, 2.24) is 4.98 Å². The molecule has 160 valence electrons. The summed E-state index contributed by atoms with van der Waals surface area (Å²) in [7, 11) is 0. The lowest BCUT2D eigenvalue weighted by Crippen LogP contribution is -2.76. The maximum Gasteiger partial charge on any atom is 0.335 e. The summed E-state index contributed by atoms with van der Waals surface area (Å²) in [4.78, 5) is 53.3. The van der Waals surface area contributed by atoms with Gasteiger partial charge in [-0.05, 0) is 18.2 Å². The molecule has 3 aliphatic rings. The molecule has 1 saturated heterocycles. The Kier molecular flexibility index (Phi) is 4.29. The molecular weight excluding hydrogens is 420 g/mol. The molecule has 12 heteroatoms. The van der Waals surface area contributed by atoms with Crippen molar-refractivity contribution in [2.24, 2.45) is 5.92 Å². The van der Waals surface area contributed by atoms with Gasteiger partial charge in [0.15, 0.2) is 17.6 Å². The van der Waals surface area contributed by atoms with E-state index in [1.165, 1.54) is 46.2 Å². The Labute approximate surface area is 180 Å². The first-order valence-electron chi connectivity index (χ1n) is 9.64. The lowest BCUT2D eigenvalue weighted by atomic mass is 9.74. The monoisotopic (exact) mass is 435 g/mol. The number of anilines is 1. The van der Waals surface area contributed by atoms with Gasteiger partial charge in [-0.15, -0.1) is 5.01 Å². The Bertz CT molecular complexity index is 1230. The van der Waals surface area contributed by atoms with Gasteiger partial charge in [-0.3, -0.25) is 29.8 Å². The Hall–Kier alpha value is -4.48. The fraction of sp³-hybridized carbons (Fsp3) is 0.200. The minimum absolute atomic E-state index is 0.173. The van der Waals surface area contributed by atoms with Crippen molar-refractivity contribution in [2.75, 3.05) is 9.91 Å². The Morgan fingerprint density at radius 3 is 2.47 bits per heavy atom. The molecule has 4 unspecified atom stereocenters. The van der Waals surface area contributed by atoms with Crippen LogP contribution >= 0.6 is 0 Å². The van der Waals surface area contributed by atoms with Gasteiger partial charge in [0.25, 0.3) is 11.9 Å². The number of fused-ring (bicyclic) bond motifs is 6. The van der Waals surface area contributed by atoms with Crippen LogP contribution in [0.5, 0.6) is 0 Å². The lowest BCUT2D eigenvalue weighted by Gasteiger charge is -2.51. The molecule has 0 saturated carbocycles. The Morgan fingerprint density at radius 1 is 1.00 bits per heavy atom. The molecule has 32 heavy (non-hydrogen) atoms. The van der Waals surface area contributed by atoms with E-state index in [9.17, 15) is 29.8 Å². The zero-order valence-electron chi connectivity index (χ0n) is 16.3. The minimum atomic E-state index is -0.970. The molecule has 2 aromatic rings. The number of piperidine rings is 1. The third-order valence-corrected chi connectivity index (χ3v) is 5.84. The summed E-state index contributed by atoms with van der Waals surface area (Å²) in [6, 6.07) is 3.14. The number of hydrogen-bond donors (Lipinski definition) is 0. The lowest BCUT2D eigenvalue weighted by molar-refractivity contribution is -0.691. The fourth-order valence-corrected chi connectivity index (χ4v) is 4.44. The molecule has 0 amide bonds. The second kappa shape index (κ2) is 7.04. The van der Waals surface area contributed by atoms with Crippen molar-refractivity contribution in [2.45, 2.75) is 18.1 Å². The molecule has 0 aliphatic carbocycles. The molecule has 4 bridgehead atoms. The zero-order chi connectivity index (χ0) is 22.6. The first kappa shape index (κ1) is 19.5. The molecule has 3 aliphatic heterocycles. The smallest absolute Gasteiger partial charge is 0.335 e. The van der Waals surface area contributed by atoms with Gasteiger partial charge in [-0.25, -0.2) is 4.98 Å². The van der Waals surface area contributed by atoms with Crippen molar-refractivity contribution in [3.8, 4) is 0 Å². The summed E-state index contributed by atoms with van der Waals surface area (Å²) >= 11 is 0. The highest BCUT2D eigenvalue weighted by Gasteiger charge is 2.57. The molecule has 1 fully saturated rings. The summed E-state index contributed by atoms with van der Waals surface area (Å²) in [5.74, 6) is -0.778. The molecule has 4 atom stereocenters. The maximum absolute atomic E-state index is 13.3. The zero-order valence-corrected chi connectivity index (χ0v) is 16.3. The van der Waals surface area contributed by atoms with Crippen LogP contribution in [0.1, 0.15) is 0 Å². The van der Waals surface area contributed by atoms with Crippen molar-refractivity contribution < 1.29 is 24.1 Å². The van der Waals surface area contributed by atoms with E-state index in [1.54, 1.807) is 29.4 Å². The van der Waals surface area contributed by atoms with E-state index in [4.69, 9.17) is 0 Å². The molecular formula is C20H15N6O6+.